The normalized spacial score (nSPS) is 12.9. The van der Waals surface area contributed by atoms with Crippen LogP contribution in [0.2, 0.25) is 0 Å². The average molecular weight is 209 g/mol. The fraction of sp³-hybridized carbons (Fsp3) is 0. The van der Waals surface area contributed by atoms with E-state index in [1.165, 1.54) is 6.21 Å². The Morgan fingerprint density at radius 1 is 1.19 bits per heavy atom. The fourth-order valence-electron chi connectivity index (χ4n) is 1.06. The van der Waals surface area contributed by atoms with Crippen LogP contribution >= 0.6 is 0 Å². The number of benzene rings is 1. The molecule has 0 aromatic heterocycles. The number of hydrazone groups is 2. The van der Waals surface area contributed by atoms with Gasteiger partial charge >= 0.3 is 0 Å². The molecule has 1 N–H and O–H groups in total. The summed E-state index contributed by atoms with van der Waals surface area (Å²) in [4.78, 5) is 0. The third-order valence-corrected chi connectivity index (χ3v) is 1.75. The first-order valence-electron chi connectivity index (χ1n) is 4.53. The van der Waals surface area contributed by atoms with Crippen molar-refractivity contribution in [2.75, 3.05) is 0 Å². The van der Waals surface area contributed by atoms with Crippen molar-refractivity contribution in [1.82, 2.24) is 10.7 Å². The highest BCUT2D eigenvalue weighted by Gasteiger charge is 2.02. The minimum Gasteiger partial charge on any atom is -0.188 e. The number of nitrogens with one attached hydrogen (secondary N) is 1. The van der Waals surface area contributed by atoms with Crippen LogP contribution in [-0.4, -0.2) is 17.0 Å². The van der Waals surface area contributed by atoms with Crippen LogP contribution in [0.15, 0.2) is 40.5 Å². The molecule has 0 radical (unpaired) electrons. The van der Waals surface area contributed by atoms with Gasteiger partial charge < -0.3 is 0 Å². The highest BCUT2D eigenvalue weighted by molar-refractivity contribution is 6.38. The Hall–Kier alpha value is -2.79. The van der Waals surface area contributed by atoms with Gasteiger partial charge in [-0.25, -0.2) is 0 Å². The van der Waals surface area contributed by atoms with E-state index in [2.05, 4.69) is 27.6 Å². The molecule has 16 heavy (non-hydrogen) atoms. The molecular formula is C11H7N5. The van der Waals surface area contributed by atoms with E-state index >= 15 is 0 Å². The molecule has 76 valence electrons. The van der Waals surface area contributed by atoms with Crippen LogP contribution < -0.4 is 5.53 Å². The maximum Gasteiger partial charge on any atom is 0.224 e. The molecule has 1 aliphatic rings. The van der Waals surface area contributed by atoms with Crippen molar-refractivity contribution in [1.29, 1.82) is 5.26 Å². The number of nitrogens with zero attached hydrogens (tertiary/aromatic N) is 4. The van der Waals surface area contributed by atoms with Crippen molar-refractivity contribution in [3.63, 3.8) is 0 Å². The highest BCUT2D eigenvalue weighted by Crippen LogP contribution is 1.95. The smallest absolute Gasteiger partial charge is 0.188 e. The average Bonchev–Trinajstić information content (AvgIpc) is 2.38. The molecule has 1 aliphatic heterocycles. The zero-order valence-corrected chi connectivity index (χ0v) is 8.25. The number of rotatable bonds is 0. The van der Waals surface area contributed by atoms with Gasteiger partial charge in [0, 0.05) is 5.56 Å². The summed E-state index contributed by atoms with van der Waals surface area (Å²) < 4.78 is 0. The summed E-state index contributed by atoms with van der Waals surface area (Å²) in [5, 5.41) is 17.1. The first-order valence-corrected chi connectivity index (χ1v) is 4.53. The lowest BCUT2D eigenvalue weighted by Crippen LogP contribution is -2.30. The summed E-state index contributed by atoms with van der Waals surface area (Å²) in [6, 6.07) is 9.53. The van der Waals surface area contributed by atoms with Crippen LogP contribution in [0.4, 0.5) is 0 Å². The summed E-state index contributed by atoms with van der Waals surface area (Å²) in [6.45, 7) is 0. The van der Waals surface area contributed by atoms with Gasteiger partial charge in [-0.3, -0.25) is 0 Å². The fourth-order valence-corrected chi connectivity index (χ4v) is 1.06. The van der Waals surface area contributed by atoms with Crippen LogP contribution in [0.1, 0.15) is 5.56 Å². The zero-order chi connectivity index (χ0) is 11.2. The van der Waals surface area contributed by atoms with Crippen LogP contribution in [0.3, 0.4) is 0 Å². The Kier molecular flexibility index (Phi) is 2.82. The zero-order valence-electron chi connectivity index (χ0n) is 8.25. The van der Waals surface area contributed by atoms with Gasteiger partial charge in [-0.1, -0.05) is 29.2 Å². The second-order valence-corrected chi connectivity index (χ2v) is 2.87. The van der Waals surface area contributed by atoms with Gasteiger partial charge in [0.2, 0.25) is 6.19 Å². The lowest BCUT2D eigenvalue weighted by molar-refractivity contribution is 0.305. The van der Waals surface area contributed by atoms with E-state index < -0.39 is 0 Å². The Labute approximate surface area is 92.7 Å². The van der Waals surface area contributed by atoms with Gasteiger partial charge in [-0.15, -0.1) is 5.10 Å². The van der Waals surface area contributed by atoms with Gasteiger partial charge in [0.15, 0.2) is 5.71 Å². The van der Waals surface area contributed by atoms with Crippen LogP contribution in [0.25, 0.3) is 0 Å². The molecule has 0 aliphatic carbocycles. The summed E-state index contributed by atoms with van der Waals surface area (Å²) in [5.74, 6) is 5.74. The summed E-state index contributed by atoms with van der Waals surface area (Å²) in [6.07, 6.45) is 3.25. The Balaban J connectivity index is 2.17. The third kappa shape index (κ3) is 2.37. The quantitative estimate of drug-likeness (QED) is 0.505. The number of hydrazine groups is 1. The van der Waals surface area contributed by atoms with Crippen molar-refractivity contribution < 1.29 is 0 Å². The van der Waals surface area contributed by atoms with Crippen molar-refractivity contribution in [2.45, 2.75) is 0 Å². The van der Waals surface area contributed by atoms with E-state index in [0.29, 0.717) is 5.71 Å². The molecule has 0 saturated heterocycles. The second kappa shape index (κ2) is 4.63. The molecule has 0 spiro atoms. The van der Waals surface area contributed by atoms with Crippen molar-refractivity contribution in [3.05, 3.63) is 35.9 Å². The Morgan fingerprint density at radius 3 is 2.75 bits per heavy atom. The molecule has 5 nitrogen and oxygen atoms in total. The van der Waals surface area contributed by atoms with Crippen molar-refractivity contribution >= 4 is 11.9 Å². The molecule has 0 atom stereocenters. The van der Waals surface area contributed by atoms with Crippen LogP contribution in [-0.2, 0) is 0 Å². The standard InChI is InChI=1S/C11H7N5/c12-9-16-14-11(8-13-15-16)7-6-10-4-2-1-3-5-10/h1-5,8,15H. The molecule has 0 fully saturated rings. The minimum atomic E-state index is 0.434. The van der Waals surface area contributed by atoms with E-state index in [9.17, 15) is 0 Å². The van der Waals surface area contributed by atoms with Gasteiger partial charge in [0.25, 0.3) is 0 Å². The van der Waals surface area contributed by atoms with Crippen LogP contribution in [0.5, 0.6) is 0 Å². The maximum atomic E-state index is 8.58. The SMILES string of the molecule is N#CN1N=C(C#Cc2ccccc2)C=NN1. The lowest BCUT2D eigenvalue weighted by atomic mass is 10.2. The maximum absolute atomic E-state index is 8.58. The monoisotopic (exact) mass is 209 g/mol. The molecule has 5 heteroatoms. The second-order valence-electron chi connectivity index (χ2n) is 2.87. The van der Waals surface area contributed by atoms with E-state index in [4.69, 9.17) is 5.26 Å². The topological polar surface area (TPSA) is 63.8 Å². The molecule has 0 bridgehead atoms. The Morgan fingerprint density at radius 2 is 2.00 bits per heavy atom. The summed E-state index contributed by atoms with van der Waals surface area (Å²) in [5.41, 5.74) is 3.71. The van der Waals surface area contributed by atoms with Crippen molar-refractivity contribution in [2.24, 2.45) is 10.2 Å². The first kappa shape index (κ1) is 9.75. The number of nitriles is 1. The molecule has 0 unspecified atom stereocenters. The summed E-state index contributed by atoms with van der Waals surface area (Å²) >= 11 is 0. The summed E-state index contributed by atoms with van der Waals surface area (Å²) in [7, 11) is 0. The molecular weight excluding hydrogens is 202 g/mol. The molecule has 1 aromatic carbocycles. The third-order valence-electron chi connectivity index (χ3n) is 1.75. The first-order chi connectivity index (χ1) is 7.88. The lowest BCUT2D eigenvalue weighted by Gasteiger charge is -2.10. The molecule has 1 heterocycles. The van der Waals surface area contributed by atoms with Gasteiger partial charge in [-0.2, -0.15) is 15.9 Å². The molecule has 0 amide bonds. The highest BCUT2D eigenvalue weighted by atomic mass is 15.8. The van der Waals surface area contributed by atoms with Gasteiger partial charge in [0.05, 0.1) is 6.21 Å². The van der Waals surface area contributed by atoms with E-state index in [0.717, 1.165) is 10.7 Å². The van der Waals surface area contributed by atoms with E-state index in [1.807, 2.05) is 30.3 Å². The largest absolute Gasteiger partial charge is 0.224 e. The molecule has 1 aromatic rings. The van der Waals surface area contributed by atoms with E-state index in [-0.39, 0.29) is 0 Å². The van der Waals surface area contributed by atoms with E-state index in [1.54, 1.807) is 6.19 Å². The molecule has 2 rings (SSSR count). The van der Waals surface area contributed by atoms with Crippen LogP contribution in [0, 0.1) is 23.3 Å². The van der Waals surface area contributed by atoms with Crippen molar-refractivity contribution in [3.8, 4) is 18.0 Å². The Bertz CT molecular complexity index is 527. The predicted octanol–water partition coefficient (Wildman–Crippen LogP) is 0.681. The predicted molar refractivity (Wildman–Crippen MR) is 59.8 cm³/mol. The molecule has 0 saturated carbocycles. The number of hydrogen-bond acceptors (Lipinski definition) is 5. The minimum absolute atomic E-state index is 0.434. The van der Waals surface area contributed by atoms with Gasteiger partial charge in [-0.05, 0) is 18.1 Å². The van der Waals surface area contributed by atoms with Gasteiger partial charge in [0.1, 0.15) is 0 Å². The number of hydrogen-bond donors (Lipinski definition) is 1.